The van der Waals surface area contributed by atoms with Gasteiger partial charge >= 0.3 is 0 Å². The number of carbonyl (C=O) groups excluding carboxylic acids is 2. The summed E-state index contributed by atoms with van der Waals surface area (Å²) in [5.41, 5.74) is 13.8. The number of nitrogens with one attached hydrogen (secondary N) is 1. The van der Waals surface area contributed by atoms with E-state index in [-0.39, 0.29) is 29.4 Å². The van der Waals surface area contributed by atoms with Crippen LogP contribution in [-0.4, -0.2) is 32.9 Å². The van der Waals surface area contributed by atoms with Crippen molar-refractivity contribution in [2.24, 2.45) is 5.73 Å². The van der Waals surface area contributed by atoms with E-state index in [1.54, 1.807) is 29.1 Å². The second kappa shape index (κ2) is 12.4. The van der Waals surface area contributed by atoms with E-state index in [4.69, 9.17) is 11.5 Å². The molecule has 0 unspecified atom stereocenters. The minimum absolute atomic E-state index is 0.0741. The number of nitrogens with two attached hydrogens (primary N) is 2. The molecular formula is C31H28N6O3. The van der Waals surface area contributed by atoms with E-state index in [0.717, 1.165) is 28.6 Å². The minimum atomic E-state index is -0.612. The molecule has 0 radical (unpaired) electrons. The highest BCUT2D eigenvalue weighted by atomic mass is 16.2. The molecule has 0 saturated carbocycles. The molecule has 0 atom stereocenters. The Balaban J connectivity index is 0.000000222. The first-order valence-corrected chi connectivity index (χ1v) is 12.6. The number of fused-ring (bicyclic) bond motifs is 2. The van der Waals surface area contributed by atoms with Gasteiger partial charge in [-0.15, -0.1) is 0 Å². The maximum absolute atomic E-state index is 13.3. The number of anilines is 1. The summed E-state index contributed by atoms with van der Waals surface area (Å²) in [5.74, 6) is 5.31. The second-order valence-corrected chi connectivity index (χ2v) is 8.77. The second-order valence-electron chi connectivity index (χ2n) is 8.77. The summed E-state index contributed by atoms with van der Waals surface area (Å²) in [4.78, 5) is 43.3. The Hall–Kier alpha value is -5.49. The molecule has 3 aromatic heterocycles. The van der Waals surface area contributed by atoms with Crippen LogP contribution in [0.25, 0.3) is 27.4 Å². The Bertz CT molecular complexity index is 1840. The quantitative estimate of drug-likeness (QED) is 0.303. The average molecular weight is 533 g/mol. The van der Waals surface area contributed by atoms with Gasteiger partial charge in [0.1, 0.15) is 11.4 Å². The maximum Gasteiger partial charge on any atom is 0.264 e. The third-order valence-electron chi connectivity index (χ3n) is 6.07. The highest BCUT2D eigenvalue weighted by molar-refractivity contribution is 6.08. The number of aryl methyl sites for hydroxylation is 1. The number of nitrogens with zero attached hydrogens (tertiary/aromatic N) is 3. The molecule has 2 aromatic carbocycles. The summed E-state index contributed by atoms with van der Waals surface area (Å²) >= 11 is 0. The first kappa shape index (κ1) is 27.5. The zero-order valence-corrected chi connectivity index (χ0v) is 22.1. The molecule has 0 aliphatic carbocycles. The smallest absolute Gasteiger partial charge is 0.264 e. The number of aromatic nitrogens is 3. The number of para-hydroxylation sites is 1. The van der Waals surface area contributed by atoms with Gasteiger partial charge in [-0.05, 0) is 48.2 Å². The number of primary amides is 1. The van der Waals surface area contributed by atoms with Crippen molar-refractivity contribution in [1.82, 2.24) is 19.9 Å². The molecule has 5 rings (SSSR count). The van der Waals surface area contributed by atoms with Crippen LogP contribution in [-0.2, 0) is 11.2 Å². The van der Waals surface area contributed by atoms with Crippen molar-refractivity contribution >= 4 is 39.3 Å². The van der Waals surface area contributed by atoms with Crippen LogP contribution >= 0.6 is 0 Å². The molecule has 5 aromatic rings. The van der Waals surface area contributed by atoms with E-state index < -0.39 is 5.91 Å². The minimum Gasteiger partial charge on any atom is -0.383 e. The molecule has 0 aliphatic heterocycles. The van der Waals surface area contributed by atoms with Crippen molar-refractivity contribution in [2.75, 3.05) is 12.3 Å². The summed E-state index contributed by atoms with van der Waals surface area (Å²) in [6.45, 7) is 3.74. The SMILES string of the molecule is CCc1cc2cccc(C#CCNC(C)=O)c2c(=O)n1-c1ccccc1.NC(=O)c1c(N)ncc2cccnc12. The third-order valence-corrected chi connectivity index (χ3v) is 6.07. The zero-order chi connectivity index (χ0) is 28.6. The standard InChI is InChI=1S/C22H20N2O2.C9H8N4O/c1-3-19-15-18-10-7-9-17(11-8-14-23-16(2)25)21(18)22(26)24(19)20-12-5-4-6-13-20;10-8-6(9(11)14)7-5(4-13-8)2-1-3-12-7/h4-7,9-10,12-13,15H,3,14H2,1-2H3,(H,23,25);1-4H,(H2,10,13)(H2,11,14). The van der Waals surface area contributed by atoms with Crippen molar-refractivity contribution in [3.63, 3.8) is 0 Å². The number of nitrogen functional groups attached to an aromatic ring is 1. The number of carbonyl (C=O) groups is 2. The third kappa shape index (κ3) is 5.97. The van der Waals surface area contributed by atoms with Crippen LogP contribution in [0.5, 0.6) is 0 Å². The van der Waals surface area contributed by atoms with Crippen LogP contribution in [0.1, 0.15) is 35.5 Å². The summed E-state index contributed by atoms with van der Waals surface area (Å²) in [6, 6.07) is 20.9. The zero-order valence-electron chi connectivity index (χ0n) is 22.1. The lowest BCUT2D eigenvalue weighted by Crippen LogP contribution is -2.22. The fraction of sp³-hybridized carbons (Fsp3) is 0.129. The van der Waals surface area contributed by atoms with Crippen LogP contribution in [0.4, 0.5) is 5.82 Å². The molecule has 2 amide bonds. The van der Waals surface area contributed by atoms with E-state index in [9.17, 15) is 14.4 Å². The van der Waals surface area contributed by atoms with Crippen molar-refractivity contribution in [3.05, 3.63) is 106 Å². The number of hydrogen-bond acceptors (Lipinski definition) is 6. The van der Waals surface area contributed by atoms with Gasteiger partial charge in [0, 0.05) is 41.6 Å². The van der Waals surface area contributed by atoms with Crippen LogP contribution in [0.15, 0.2) is 83.9 Å². The lowest BCUT2D eigenvalue weighted by Gasteiger charge is -2.14. The fourth-order valence-corrected chi connectivity index (χ4v) is 4.25. The van der Waals surface area contributed by atoms with Gasteiger partial charge in [-0.2, -0.15) is 0 Å². The Kier molecular flexibility index (Phi) is 8.52. The number of pyridine rings is 3. The predicted octanol–water partition coefficient (Wildman–Crippen LogP) is 3.35. The van der Waals surface area contributed by atoms with Crippen LogP contribution < -0.4 is 22.3 Å². The van der Waals surface area contributed by atoms with Crippen molar-refractivity contribution in [2.45, 2.75) is 20.3 Å². The van der Waals surface area contributed by atoms with E-state index in [1.165, 1.54) is 6.92 Å². The van der Waals surface area contributed by atoms with Crippen LogP contribution in [0.3, 0.4) is 0 Å². The van der Waals surface area contributed by atoms with E-state index in [1.807, 2.05) is 61.5 Å². The Morgan fingerprint density at radius 1 is 1.00 bits per heavy atom. The number of amides is 2. The Morgan fingerprint density at radius 3 is 2.45 bits per heavy atom. The molecular weight excluding hydrogens is 504 g/mol. The molecule has 40 heavy (non-hydrogen) atoms. The topological polar surface area (TPSA) is 146 Å². The summed E-state index contributed by atoms with van der Waals surface area (Å²) < 4.78 is 1.75. The van der Waals surface area contributed by atoms with Gasteiger partial charge < -0.3 is 16.8 Å². The average Bonchev–Trinajstić information content (AvgIpc) is 2.95. The maximum atomic E-state index is 13.3. The van der Waals surface area contributed by atoms with Crippen molar-refractivity contribution < 1.29 is 9.59 Å². The molecule has 0 saturated heterocycles. The van der Waals surface area contributed by atoms with E-state index in [2.05, 4.69) is 27.1 Å². The molecule has 0 fully saturated rings. The lowest BCUT2D eigenvalue weighted by atomic mass is 10.0. The van der Waals surface area contributed by atoms with Gasteiger partial charge in [0.2, 0.25) is 5.91 Å². The monoisotopic (exact) mass is 532 g/mol. The van der Waals surface area contributed by atoms with Gasteiger partial charge in [-0.1, -0.05) is 49.1 Å². The molecule has 0 aliphatic rings. The normalized spacial score (nSPS) is 10.2. The Morgan fingerprint density at radius 2 is 1.75 bits per heavy atom. The molecule has 5 N–H and O–H groups in total. The number of benzene rings is 2. The lowest BCUT2D eigenvalue weighted by molar-refractivity contribution is -0.118. The highest BCUT2D eigenvalue weighted by Crippen LogP contribution is 2.20. The summed E-state index contributed by atoms with van der Waals surface area (Å²) in [5, 5.41) is 4.86. The van der Waals surface area contributed by atoms with E-state index in [0.29, 0.717) is 16.5 Å². The van der Waals surface area contributed by atoms with Crippen molar-refractivity contribution in [1.29, 1.82) is 0 Å². The molecule has 9 nitrogen and oxygen atoms in total. The van der Waals surface area contributed by atoms with Crippen LogP contribution in [0.2, 0.25) is 0 Å². The van der Waals surface area contributed by atoms with Gasteiger partial charge in [-0.25, -0.2) is 4.98 Å². The first-order chi connectivity index (χ1) is 19.3. The summed E-state index contributed by atoms with van der Waals surface area (Å²) in [6.07, 6.45) is 3.89. The highest BCUT2D eigenvalue weighted by Gasteiger charge is 2.13. The number of rotatable bonds is 4. The predicted molar refractivity (Wildman–Crippen MR) is 157 cm³/mol. The Labute approximate surface area is 230 Å². The van der Waals surface area contributed by atoms with Gasteiger partial charge in [0.05, 0.1) is 17.4 Å². The molecule has 0 bridgehead atoms. The summed E-state index contributed by atoms with van der Waals surface area (Å²) in [7, 11) is 0. The van der Waals surface area contributed by atoms with Gasteiger partial charge in [-0.3, -0.25) is 23.9 Å². The molecule has 200 valence electrons. The first-order valence-electron chi connectivity index (χ1n) is 12.6. The molecule has 0 spiro atoms. The van der Waals surface area contributed by atoms with Crippen LogP contribution in [0, 0.1) is 11.8 Å². The fourth-order valence-electron chi connectivity index (χ4n) is 4.25. The molecule has 9 heteroatoms. The largest absolute Gasteiger partial charge is 0.383 e. The number of hydrogen-bond donors (Lipinski definition) is 3. The molecule has 3 heterocycles. The van der Waals surface area contributed by atoms with Gasteiger partial charge in [0.15, 0.2) is 0 Å². The van der Waals surface area contributed by atoms with Crippen molar-refractivity contribution in [3.8, 4) is 17.5 Å². The van der Waals surface area contributed by atoms with Gasteiger partial charge in [0.25, 0.3) is 11.5 Å². The van der Waals surface area contributed by atoms with E-state index >= 15 is 0 Å².